The standard InChI is InChI=1S/C39H75NO4/c1-3-5-7-9-11-13-15-17-19-21-23-25-27-29-31-33-37(41)35-40(36-39(43)44)38(42)34-32-30-28-26-24-22-20-18-16-14-12-10-8-6-4-2/h3-36H2,1-2H3,(H,43,44). The Balaban J connectivity index is 3.74. The molecule has 0 aliphatic rings. The van der Waals surface area contributed by atoms with Gasteiger partial charge in [0.05, 0.1) is 6.54 Å². The van der Waals surface area contributed by atoms with E-state index in [9.17, 15) is 19.5 Å². The minimum atomic E-state index is -1.05. The summed E-state index contributed by atoms with van der Waals surface area (Å²) in [6.07, 6.45) is 39.1. The molecule has 0 heterocycles. The number of Topliss-reactive ketones (excluding diaryl/α,β-unsaturated/α-hetero) is 1. The molecule has 0 aromatic heterocycles. The number of unbranched alkanes of at least 4 members (excludes halogenated alkanes) is 28. The van der Waals surface area contributed by atoms with Gasteiger partial charge in [-0.2, -0.15) is 0 Å². The Morgan fingerprint density at radius 2 is 0.659 bits per heavy atom. The lowest BCUT2D eigenvalue weighted by atomic mass is 10.0. The van der Waals surface area contributed by atoms with Gasteiger partial charge in [0.1, 0.15) is 6.54 Å². The Labute approximate surface area is 274 Å². The van der Waals surface area contributed by atoms with Crippen molar-refractivity contribution in [1.82, 2.24) is 4.90 Å². The number of nitrogens with zero attached hydrogens (tertiary/aromatic N) is 1. The van der Waals surface area contributed by atoms with Crippen molar-refractivity contribution in [1.29, 1.82) is 0 Å². The van der Waals surface area contributed by atoms with Gasteiger partial charge < -0.3 is 10.0 Å². The highest BCUT2D eigenvalue weighted by atomic mass is 16.4. The summed E-state index contributed by atoms with van der Waals surface area (Å²) < 4.78 is 0. The maximum absolute atomic E-state index is 12.7. The van der Waals surface area contributed by atoms with Gasteiger partial charge in [-0.1, -0.05) is 194 Å². The summed E-state index contributed by atoms with van der Waals surface area (Å²) in [4.78, 5) is 37.7. The van der Waals surface area contributed by atoms with Crippen molar-refractivity contribution in [3.8, 4) is 0 Å². The Morgan fingerprint density at radius 1 is 0.386 bits per heavy atom. The minimum absolute atomic E-state index is 0.00853. The first-order valence-electron chi connectivity index (χ1n) is 19.5. The first kappa shape index (κ1) is 42.6. The van der Waals surface area contributed by atoms with E-state index in [1.165, 1.54) is 159 Å². The summed E-state index contributed by atoms with van der Waals surface area (Å²) in [7, 11) is 0. The molecule has 0 saturated heterocycles. The van der Waals surface area contributed by atoms with Gasteiger partial charge in [0, 0.05) is 12.8 Å². The van der Waals surface area contributed by atoms with Crippen LogP contribution in [0.25, 0.3) is 0 Å². The quantitative estimate of drug-likeness (QED) is 0.0706. The zero-order valence-electron chi connectivity index (χ0n) is 29.7. The van der Waals surface area contributed by atoms with Crippen LogP contribution in [-0.2, 0) is 14.4 Å². The molecule has 0 fully saturated rings. The van der Waals surface area contributed by atoms with Crippen LogP contribution >= 0.6 is 0 Å². The molecule has 0 bridgehead atoms. The third-order valence-electron chi connectivity index (χ3n) is 9.10. The van der Waals surface area contributed by atoms with Crippen LogP contribution in [0.2, 0.25) is 0 Å². The maximum atomic E-state index is 12.7. The molecular weight excluding hydrogens is 546 g/mol. The molecule has 0 unspecified atom stereocenters. The summed E-state index contributed by atoms with van der Waals surface area (Å²) in [5.41, 5.74) is 0. The van der Waals surface area contributed by atoms with Crippen LogP contribution in [0.1, 0.15) is 219 Å². The predicted molar refractivity (Wildman–Crippen MR) is 188 cm³/mol. The Bertz CT molecular complexity index is 650. The molecule has 0 aromatic carbocycles. The monoisotopic (exact) mass is 622 g/mol. The number of carbonyl (C=O) groups excluding carboxylic acids is 2. The van der Waals surface area contributed by atoms with Crippen molar-refractivity contribution in [2.75, 3.05) is 13.1 Å². The van der Waals surface area contributed by atoms with Crippen LogP contribution in [0.3, 0.4) is 0 Å². The molecule has 0 aliphatic carbocycles. The normalized spacial score (nSPS) is 11.2. The van der Waals surface area contributed by atoms with Crippen LogP contribution in [0.4, 0.5) is 0 Å². The molecule has 44 heavy (non-hydrogen) atoms. The number of ketones is 1. The van der Waals surface area contributed by atoms with Crippen molar-refractivity contribution in [3.63, 3.8) is 0 Å². The molecule has 5 nitrogen and oxygen atoms in total. The molecule has 260 valence electrons. The van der Waals surface area contributed by atoms with Crippen molar-refractivity contribution in [3.05, 3.63) is 0 Å². The molecule has 0 aromatic rings. The van der Waals surface area contributed by atoms with E-state index in [-0.39, 0.29) is 24.8 Å². The molecular formula is C39H75NO4. The highest BCUT2D eigenvalue weighted by Crippen LogP contribution is 2.16. The third-order valence-corrected chi connectivity index (χ3v) is 9.10. The largest absolute Gasteiger partial charge is 0.480 e. The summed E-state index contributed by atoms with van der Waals surface area (Å²) >= 11 is 0. The van der Waals surface area contributed by atoms with E-state index in [0.29, 0.717) is 12.8 Å². The average molecular weight is 622 g/mol. The summed E-state index contributed by atoms with van der Waals surface area (Å²) in [6.45, 7) is 4.11. The van der Waals surface area contributed by atoms with E-state index >= 15 is 0 Å². The van der Waals surface area contributed by atoms with Gasteiger partial charge in [-0.25, -0.2) is 0 Å². The molecule has 0 aliphatic heterocycles. The topological polar surface area (TPSA) is 74.7 Å². The van der Waals surface area contributed by atoms with Gasteiger partial charge in [-0.15, -0.1) is 0 Å². The van der Waals surface area contributed by atoms with Gasteiger partial charge in [0.25, 0.3) is 0 Å². The van der Waals surface area contributed by atoms with E-state index < -0.39 is 5.97 Å². The van der Waals surface area contributed by atoms with Crippen molar-refractivity contribution >= 4 is 17.7 Å². The van der Waals surface area contributed by atoms with E-state index in [1.807, 2.05) is 0 Å². The lowest BCUT2D eigenvalue weighted by Gasteiger charge is -2.20. The van der Waals surface area contributed by atoms with Crippen LogP contribution in [-0.4, -0.2) is 40.8 Å². The SMILES string of the molecule is CCCCCCCCCCCCCCCCCC(=O)CN(CC(=O)O)C(=O)CCCCCCCCCCCCCCCCC. The fourth-order valence-corrected chi connectivity index (χ4v) is 6.19. The number of amides is 1. The van der Waals surface area contributed by atoms with Gasteiger partial charge >= 0.3 is 5.97 Å². The van der Waals surface area contributed by atoms with E-state index in [4.69, 9.17) is 0 Å². The van der Waals surface area contributed by atoms with Crippen LogP contribution in [0.15, 0.2) is 0 Å². The highest BCUT2D eigenvalue weighted by molar-refractivity contribution is 5.88. The molecule has 1 N–H and O–H groups in total. The number of hydrogen-bond acceptors (Lipinski definition) is 3. The highest BCUT2D eigenvalue weighted by Gasteiger charge is 2.19. The number of carbonyl (C=O) groups is 3. The number of aliphatic carboxylic acids is 1. The lowest BCUT2D eigenvalue weighted by molar-refractivity contribution is -0.145. The number of carboxylic acid groups (broad SMARTS) is 1. The van der Waals surface area contributed by atoms with Gasteiger partial charge in [-0.3, -0.25) is 14.4 Å². The predicted octanol–water partition coefficient (Wildman–Crippen LogP) is 12.0. The Hall–Kier alpha value is -1.39. The lowest BCUT2D eigenvalue weighted by Crippen LogP contribution is -2.39. The van der Waals surface area contributed by atoms with Crippen LogP contribution in [0, 0.1) is 0 Å². The fraction of sp³-hybridized carbons (Fsp3) is 0.923. The fourth-order valence-electron chi connectivity index (χ4n) is 6.19. The molecule has 0 saturated carbocycles. The first-order chi connectivity index (χ1) is 21.5. The summed E-state index contributed by atoms with van der Waals surface area (Å²) in [5.74, 6) is -1.24. The number of carboxylic acids is 1. The van der Waals surface area contributed by atoms with Crippen molar-refractivity contribution < 1.29 is 19.5 Å². The second kappa shape index (κ2) is 34.5. The molecule has 1 amide bonds. The van der Waals surface area contributed by atoms with Crippen molar-refractivity contribution in [2.24, 2.45) is 0 Å². The second-order valence-electron chi connectivity index (χ2n) is 13.6. The molecule has 0 spiro atoms. The summed E-state index contributed by atoms with van der Waals surface area (Å²) in [5, 5.41) is 9.26. The van der Waals surface area contributed by atoms with Gasteiger partial charge in [0.15, 0.2) is 5.78 Å². The zero-order chi connectivity index (χ0) is 32.4. The van der Waals surface area contributed by atoms with E-state index in [0.717, 1.165) is 38.5 Å². The maximum Gasteiger partial charge on any atom is 0.323 e. The second-order valence-corrected chi connectivity index (χ2v) is 13.6. The van der Waals surface area contributed by atoms with Crippen molar-refractivity contribution in [2.45, 2.75) is 219 Å². The Morgan fingerprint density at radius 3 is 0.955 bits per heavy atom. The molecule has 0 radical (unpaired) electrons. The van der Waals surface area contributed by atoms with E-state index in [2.05, 4.69) is 13.8 Å². The van der Waals surface area contributed by atoms with E-state index in [1.54, 1.807) is 0 Å². The molecule has 0 atom stereocenters. The Kier molecular flexibility index (Phi) is 33.4. The average Bonchev–Trinajstić information content (AvgIpc) is 3.00. The number of hydrogen-bond donors (Lipinski definition) is 1. The zero-order valence-corrected chi connectivity index (χ0v) is 29.7. The number of rotatable bonds is 36. The molecule has 5 heteroatoms. The van der Waals surface area contributed by atoms with Gasteiger partial charge in [0.2, 0.25) is 5.91 Å². The van der Waals surface area contributed by atoms with Crippen LogP contribution < -0.4 is 0 Å². The first-order valence-corrected chi connectivity index (χ1v) is 19.5. The summed E-state index contributed by atoms with van der Waals surface area (Å²) in [6, 6.07) is 0. The smallest absolute Gasteiger partial charge is 0.323 e. The molecule has 0 rings (SSSR count). The van der Waals surface area contributed by atoms with Crippen LogP contribution in [0.5, 0.6) is 0 Å². The van der Waals surface area contributed by atoms with Gasteiger partial charge in [-0.05, 0) is 12.8 Å². The minimum Gasteiger partial charge on any atom is -0.480 e. The third kappa shape index (κ3) is 32.0.